The van der Waals surface area contributed by atoms with Gasteiger partial charge in [-0.1, -0.05) is 6.92 Å². The molecule has 0 spiro atoms. The van der Waals surface area contributed by atoms with Gasteiger partial charge >= 0.3 is 0 Å². The summed E-state index contributed by atoms with van der Waals surface area (Å²) in [5.41, 5.74) is 5.55. The Balaban J connectivity index is 2.77. The summed E-state index contributed by atoms with van der Waals surface area (Å²) in [6.07, 6.45) is 5.13. The van der Waals surface area contributed by atoms with Gasteiger partial charge in [0.1, 0.15) is 5.82 Å². The van der Waals surface area contributed by atoms with E-state index in [-0.39, 0.29) is 5.54 Å². The lowest BCUT2D eigenvalue weighted by Crippen LogP contribution is -2.36. The van der Waals surface area contributed by atoms with Crippen molar-refractivity contribution in [1.29, 1.82) is 0 Å². The zero-order chi connectivity index (χ0) is 12.0. The fourth-order valence-electron chi connectivity index (χ4n) is 1.46. The monoisotopic (exact) mass is 224 g/mol. The molecule has 0 aliphatic heterocycles. The maximum Gasteiger partial charge on any atom is 0.233 e. The second-order valence-corrected chi connectivity index (χ2v) is 4.02. The average Bonchev–Trinajstić information content (AvgIpc) is 2.29. The van der Waals surface area contributed by atoms with Gasteiger partial charge in [0, 0.05) is 5.54 Å². The number of nitrogens with zero attached hydrogens (tertiary/aromatic N) is 2. The van der Waals surface area contributed by atoms with Gasteiger partial charge in [0.15, 0.2) is 0 Å². The van der Waals surface area contributed by atoms with Gasteiger partial charge in [-0.25, -0.2) is 0 Å². The normalized spacial score (nSPS) is 14.2. The fraction of sp³-hybridized carbons (Fsp3) is 0.636. The standard InChI is InChI=1S/C11H20N4O/c1-4-11(2,5-6-12)15-9-7-13-8-10(14-9)16-3/h7-8H,4-6,12H2,1-3H3,(H,14,15). The van der Waals surface area contributed by atoms with Crippen LogP contribution in [-0.4, -0.2) is 29.2 Å². The van der Waals surface area contributed by atoms with Gasteiger partial charge in [0.25, 0.3) is 0 Å². The lowest BCUT2D eigenvalue weighted by Gasteiger charge is -2.29. The Morgan fingerprint density at radius 2 is 2.25 bits per heavy atom. The van der Waals surface area contributed by atoms with E-state index in [4.69, 9.17) is 10.5 Å². The van der Waals surface area contributed by atoms with Crippen LogP contribution in [0, 0.1) is 0 Å². The van der Waals surface area contributed by atoms with Crippen molar-refractivity contribution >= 4 is 5.82 Å². The number of anilines is 1. The Bertz CT molecular complexity index is 332. The van der Waals surface area contributed by atoms with Crippen LogP contribution in [0.2, 0.25) is 0 Å². The lowest BCUT2D eigenvalue weighted by molar-refractivity contribution is 0.394. The molecule has 0 saturated carbocycles. The zero-order valence-electron chi connectivity index (χ0n) is 10.2. The molecular formula is C11H20N4O. The number of nitrogens with two attached hydrogens (primary N) is 1. The van der Waals surface area contributed by atoms with Crippen molar-refractivity contribution in [3.63, 3.8) is 0 Å². The van der Waals surface area contributed by atoms with Gasteiger partial charge < -0.3 is 15.8 Å². The summed E-state index contributed by atoms with van der Waals surface area (Å²) in [5.74, 6) is 1.23. The Hall–Kier alpha value is -1.36. The van der Waals surface area contributed by atoms with E-state index in [2.05, 4.69) is 29.1 Å². The molecule has 0 aliphatic rings. The van der Waals surface area contributed by atoms with Gasteiger partial charge in [-0.2, -0.15) is 4.98 Å². The van der Waals surface area contributed by atoms with Crippen LogP contribution in [0.3, 0.4) is 0 Å². The maximum atomic E-state index is 5.60. The van der Waals surface area contributed by atoms with Gasteiger partial charge in [0.2, 0.25) is 5.88 Å². The third kappa shape index (κ3) is 3.34. The molecule has 90 valence electrons. The highest BCUT2D eigenvalue weighted by molar-refractivity contribution is 5.36. The number of ether oxygens (including phenoxy) is 1. The quantitative estimate of drug-likeness (QED) is 0.764. The van der Waals surface area contributed by atoms with Gasteiger partial charge in [-0.3, -0.25) is 4.98 Å². The molecule has 0 aromatic carbocycles. The summed E-state index contributed by atoms with van der Waals surface area (Å²) < 4.78 is 5.02. The largest absolute Gasteiger partial charge is 0.480 e. The lowest BCUT2D eigenvalue weighted by atomic mass is 9.94. The highest BCUT2D eigenvalue weighted by Crippen LogP contribution is 2.20. The van der Waals surface area contributed by atoms with Crippen LogP contribution in [-0.2, 0) is 0 Å². The molecule has 0 saturated heterocycles. The number of hydrogen-bond donors (Lipinski definition) is 2. The van der Waals surface area contributed by atoms with Crippen LogP contribution in [0.4, 0.5) is 5.82 Å². The summed E-state index contributed by atoms with van der Waals surface area (Å²) in [7, 11) is 1.58. The van der Waals surface area contributed by atoms with Crippen LogP contribution >= 0.6 is 0 Å². The predicted octanol–water partition coefficient (Wildman–Crippen LogP) is 1.41. The van der Waals surface area contributed by atoms with Gasteiger partial charge in [-0.05, 0) is 26.3 Å². The van der Waals surface area contributed by atoms with Crippen LogP contribution in [0.25, 0.3) is 0 Å². The van der Waals surface area contributed by atoms with Crippen LogP contribution in [0.15, 0.2) is 12.4 Å². The van der Waals surface area contributed by atoms with Crippen molar-refractivity contribution in [2.45, 2.75) is 32.2 Å². The fourth-order valence-corrected chi connectivity index (χ4v) is 1.46. The Morgan fingerprint density at radius 1 is 1.50 bits per heavy atom. The van der Waals surface area contributed by atoms with Crippen LogP contribution in [0.1, 0.15) is 26.7 Å². The number of methoxy groups -OCH3 is 1. The third-order valence-electron chi connectivity index (χ3n) is 2.73. The minimum absolute atomic E-state index is 0.0458. The molecule has 5 heteroatoms. The summed E-state index contributed by atoms with van der Waals surface area (Å²) >= 11 is 0. The van der Waals surface area contributed by atoms with E-state index in [9.17, 15) is 0 Å². The Labute approximate surface area is 96.4 Å². The van der Waals surface area contributed by atoms with Crippen LogP contribution < -0.4 is 15.8 Å². The molecular weight excluding hydrogens is 204 g/mol. The smallest absolute Gasteiger partial charge is 0.233 e. The molecule has 1 heterocycles. The Kier molecular flexibility index (Phi) is 4.49. The van der Waals surface area contributed by atoms with E-state index in [0.29, 0.717) is 12.4 Å². The summed E-state index contributed by atoms with van der Waals surface area (Å²) in [4.78, 5) is 8.32. The molecule has 1 unspecified atom stereocenters. The van der Waals surface area contributed by atoms with E-state index in [0.717, 1.165) is 18.7 Å². The first kappa shape index (κ1) is 12.7. The molecule has 1 atom stereocenters. The summed E-state index contributed by atoms with van der Waals surface area (Å²) in [6.45, 7) is 4.89. The van der Waals surface area contributed by atoms with E-state index in [1.54, 1.807) is 19.5 Å². The molecule has 0 aliphatic carbocycles. The molecule has 16 heavy (non-hydrogen) atoms. The molecule has 5 nitrogen and oxygen atoms in total. The van der Waals surface area contributed by atoms with Crippen molar-refractivity contribution in [3.05, 3.63) is 12.4 Å². The predicted molar refractivity (Wildman–Crippen MR) is 64.6 cm³/mol. The zero-order valence-corrected chi connectivity index (χ0v) is 10.2. The molecule has 1 rings (SSSR count). The van der Waals surface area contributed by atoms with Crippen molar-refractivity contribution in [3.8, 4) is 5.88 Å². The Morgan fingerprint density at radius 3 is 2.81 bits per heavy atom. The van der Waals surface area contributed by atoms with Crippen LogP contribution in [0.5, 0.6) is 5.88 Å². The van der Waals surface area contributed by atoms with Gasteiger partial charge in [0.05, 0.1) is 19.5 Å². The number of rotatable bonds is 6. The number of hydrogen-bond acceptors (Lipinski definition) is 5. The molecule has 0 radical (unpaired) electrons. The maximum absolute atomic E-state index is 5.60. The SMILES string of the molecule is CCC(C)(CCN)Nc1cncc(OC)n1. The third-order valence-corrected chi connectivity index (χ3v) is 2.73. The van der Waals surface area contributed by atoms with E-state index in [1.807, 2.05) is 0 Å². The first-order valence-electron chi connectivity index (χ1n) is 5.48. The summed E-state index contributed by atoms with van der Waals surface area (Å²) in [6, 6.07) is 0. The molecule has 3 N–H and O–H groups in total. The molecule has 1 aromatic rings. The van der Waals surface area contributed by atoms with Crippen molar-refractivity contribution in [1.82, 2.24) is 9.97 Å². The second-order valence-electron chi connectivity index (χ2n) is 4.02. The average molecular weight is 224 g/mol. The molecule has 0 bridgehead atoms. The number of aromatic nitrogens is 2. The van der Waals surface area contributed by atoms with E-state index in [1.165, 1.54) is 0 Å². The molecule has 0 amide bonds. The highest BCUT2D eigenvalue weighted by atomic mass is 16.5. The van der Waals surface area contributed by atoms with E-state index < -0.39 is 0 Å². The highest BCUT2D eigenvalue weighted by Gasteiger charge is 2.21. The van der Waals surface area contributed by atoms with E-state index >= 15 is 0 Å². The molecule has 1 aromatic heterocycles. The molecule has 0 fully saturated rings. The minimum atomic E-state index is -0.0458. The topological polar surface area (TPSA) is 73.1 Å². The van der Waals surface area contributed by atoms with Crippen molar-refractivity contribution in [2.75, 3.05) is 19.0 Å². The minimum Gasteiger partial charge on any atom is -0.480 e. The first-order chi connectivity index (χ1) is 7.63. The number of nitrogens with one attached hydrogen (secondary N) is 1. The second kappa shape index (κ2) is 5.65. The van der Waals surface area contributed by atoms with Crippen molar-refractivity contribution < 1.29 is 4.74 Å². The summed E-state index contributed by atoms with van der Waals surface area (Å²) in [5, 5.41) is 3.35. The van der Waals surface area contributed by atoms with Gasteiger partial charge in [-0.15, -0.1) is 0 Å². The van der Waals surface area contributed by atoms with Crippen molar-refractivity contribution in [2.24, 2.45) is 5.73 Å². The first-order valence-corrected chi connectivity index (χ1v) is 5.48.